The Bertz CT molecular complexity index is 828. The second kappa shape index (κ2) is 6.84. The van der Waals surface area contributed by atoms with E-state index in [2.05, 4.69) is 15.3 Å². The molecule has 2 amide bonds. The second-order valence-corrected chi connectivity index (χ2v) is 6.97. The summed E-state index contributed by atoms with van der Waals surface area (Å²) in [5, 5.41) is 12.4. The molecule has 1 aromatic rings. The Balaban J connectivity index is 2.11. The number of amides is 2. The third-order valence-corrected chi connectivity index (χ3v) is 5.11. The molecule has 0 aliphatic carbocycles. The van der Waals surface area contributed by atoms with E-state index in [1.165, 1.54) is 12.5 Å². The number of amidine groups is 1. The first-order chi connectivity index (χ1) is 11.2. The van der Waals surface area contributed by atoms with Gasteiger partial charge in [-0.2, -0.15) is 4.99 Å². The molecule has 1 aromatic heterocycles. The van der Waals surface area contributed by atoms with Gasteiger partial charge in [0.2, 0.25) is 5.96 Å². The summed E-state index contributed by atoms with van der Waals surface area (Å²) in [6, 6.07) is 0.159. The smallest absolute Gasteiger partial charge is 0.347 e. The van der Waals surface area contributed by atoms with Crippen molar-refractivity contribution in [2.75, 3.05) is 20.8 Å². The Morgan fingerprint density at radius 1 is 1.46 bits per heavy atom. The molecule has 1 aliphatic rings. The van der Waals surface area contributed by atoms with Gasteiger partial charge in [0.25, 0.3) is 16.0 Å². The Morgan fingerprint density at radius 2 is 2.17 bits per heavy atom. The van der Waals surface area contributed by atoms with Crippen molar-refractivity contribution in [1.82, 2.24) is 14.9 Å². The van der Waals surface area contributed by atoms with Crippen molar-refractivity contribution in [2.45, 2.75) is 4.90 Å². The Morgan fingerprint density at radius 3 is 2.79 bits per heavy atom. The van der Waals surface area contributed by atoms with Crippen molar-refractivity contribution in [2.24, 2.45) is 9.98 Å². The van der Waals surface area contributed by atoms with Crippen LogP contribution in [0, 0.1) is 0 Å². The first-order valence-electron chi connectivity index (χ1n) is 6.27. The van der Waals surface area contributed by atoms with Crippen molar-refractivity contribution in [3.8, 4) is 0 Å². The van der Waals surface area contributed by atoms with E-state index in [1.807, 2.05) is 0 Å². The van der Waals surface area contributed by atoms with Crippen molar-refractivity contribution in [3.05, 3.63) is 16.3 Å². The molecule has 2 rings (SSSR count). The zero-order chi connectivity index (χ0) is 17.9. The standard InChI is InChI=1S/C11H13N5O6S2/c1-16-5-12-9(14-11(16)22-2)13-10(19)15-24(20,21)6-3-4-23-7(6)8(17)18/h3-4H,5H2,1-2H3,(H,17,18)(H2,12,13,15,19). The number of methoxy groups -OCH3 is 1. The van der Waals surface area contributed by atoms with E-state index in [1.54, 1.807) is 16.7 Å². The highest BCUT2D eigenvalue weighted by Gasteiger charge is 2.26. The molecule has 11 nitrogen and oxygen atoms in total. The minimum absolute atomic E-state index is 0.138. The van der Waals surface area contributed by atoms with Crippen LogP contribution in [0.15, 0.2) is 26.3 Å². The van der Waals surface area contributed by atoms with Crippen LogP contribution in [0.2, 0.25) is 0 Å². The van der Waals surface area contributed by atoms with Crippen LogP contribution < -0.4 is 10.0 Å². The lowest BCUT2D eigenvalue weighted by Crippen LogP contribution is -2.45. The van der Waals surface area contributed by atoms with Gasteiger partial charge in [-0.15, -0.1) is 11.3 Å². The maximum atomic E-state index is 12.1. The number of hydrogen-bond acceptors (Lipinski definition) is 9. The van der Waals surface area contributed by atoms with Crippen molar-refractivity contribution < 1.29 is 27.9 Å². The van der Waals surface area contributed by atoms with Gasteiger partial charge in [-0.3, -0.25) is 5.32 Å². The molecule has 13 heteroatoms. The minimum atomic E-state index is -4.35. The molecule has 0 saturated carbocycles. The summed E-state index contributed by atoms with van der Waals surface area (Å²) < 4.78 is 30.9. The molecule has 0 aromatic carbocycles. The molecular weight excluding hydrogens is 362 g/mol. The van der Waals surface area contributed by atoms with Gasteiger partial charge in [-0.05, 0) is 11.4 Å². The van der Waals surface area contributed by atoms with Gasteiger partial charge in [-0.1, -0.05) is 0 Å². The van der Waals surface area contributed by atoms with Crippen LogP contribution in [0.1, 0.15) is 9.67 Å². The molecule has 0 radical (unpaired) electrons. The van der Waals surface area contributed by atoms with Crippen LogP contribution in [-0.2, 0) is 14.8 Å². The average molecular weight is 375 g/mol. The number of carbonyl (C=O) groups is 2. The number of rotatable bonds is 3. The van der Waals surface area contributed by atoms with Gasteiger partial charge in [0, 0.05) is 7.05 Å². The normalized spacial score (nSPS) is 14.5. The van der Waals surface area contributed by atoms with Crippen LogP contribution in [0.4, 0.5) is 4.79 Å². The third-order valence-electron chi connectivity index (χ3n) is 2.71. The van der Waals surface area contributed by atoms with Gasteiger partial charge >= 0.3 is 12.0 Å². The molecule has 0 spiro atoms. The van der Waals surface area contributed by atoms with E-state index in [0.29, 0.717) is 0 Å². The van der Waals surface area contributed by atoms with Crippen LogP contribution >= 0.6 is 11.3 Å². The molecule has 1 aliphatic heterocycles. The molecular formula is C11H13N5O6S2. The predicted molar refractivity (Wildman–Crippen MR) is 84.6 cm³/mol. The van der Waals surface area contributed by atoms with E-state index < -0.39 is 31.8 Å². The summed E-state index contributed by atoms with van der Waals surface area (Å²) in [6.45, 7) is 0.155. The molecule has 3 N–H and O–H groups in total. The average Bonchev–Trinajstić information content (AvgIpc) is 2.99. The van der Waals surface area contributed by atoms with Gasteiger partial charge in [0.05, 0.1) is 7.11 Å². The molecule has 130 valence electrons. The quantitative estimate of drug-likeness (QED) is 0.656. The van der Waals surface area contributed by atoms with Gasteiger partial charge in [-0.25, -0.2) is 27.7 Å². The lowest BCUT2D eigenvalue weighted by molar-refractivity contribution is 0.0698. The van der Waals surface area contributed by atoms with Gasteiger partial charge < -0.3 is 14.7 Å². The second-order valence-electron chi connectivity index (χ2n) is 4.40. The first kappa shape index (κ1) is 17.7. The van der Waals surface area contributed by atoms with Crippen molar-refractivity contribution >= 4 is 45.3 Å². The third kappa shape index (κ3) is 3.80. The molecule has 0 saturated heterocycles. The Hall–Kier alpha value is -2.67. The molecule has 0 bridgehead atoms. The van der Waals surface area contributed by atoms with Gasteiger partial charge in [0.1, 0.15) is 16.4 Å². The zero-order valence-electron chi connectivity index (χ0n) is 12.5. The number of hydrogen-bond donors (Lipinski definition) is 3. The maximum absolute atomic E-state index is 12.1. The summed E-state index contributed by atoms with van der Waals surface area (Å²) >= 11 is 0.733. The largest absolute Gasteiger partial charge is 0.477 e. The van der Waals surface area contributed by atoms with Crippen LogP contribution in [0.3, 0.4) is 0 Å². The van der Waals surface area contributed by atoms with Gasteiger partial charge in [0.15, 0.2) is 0 Å². The van der Waals surface area contributed by atoms with Crippen molar-refractivity contribution in [1.29, 1.82) is 0 Å². The number of guanidine groups is 1. The van der Waals surface area contributed by atoms with E-state index >= 15 is 0 Å². The SMILES string of the molecule is COC1=NC(NC(=O)NS(=O)(=O)c2ccsc2C(=O)O)=NCN1C. The number of carbonyl (C=O) groups excluding carboxylic acids is 1. The summed E-state index contributed by atoms with van der Waals surface area (Å²) in [6.07, 6.45) is 0. The lowest BCUT2D eigenvalue weighted by Gasteiger charge is -2.21. The fraction of sp³-hybridized carbons (Fsp3) is 0.273. The monoisotopic (exact) mass is 375 g/mol. The van der Waals surface area contributed by atoms with E-state index in [-0.39, 0.29) is 18.6 Å². The summed E-state index contributed by atoms with van der Waals surface area (Å²) in [5.74, 6) is -1.54. The number of ether oxygens (including phenoxy) is 1. The topological polar surface area (TPSA) is 150 Å². The fourth-order valence-electron chi connectivity index (χ4n) is 1.68. The van der Waals surface area contributed by atoms with Crippen LogP contribution in [0.25, 0.3) is 0 Å². The number of carboxylic acids is 1. The van der Waals surface area contributed by atoms with E-state index in [9.17, 15) is 18.0 Å². The minimum Gasteiger partial charge on any atom is -0.477 e. The number of sulfonamides is 1. The number of aliphatic imine (C=N–C) groups is 2. The van der Waals surface area contributed by atoms with E-state index in [0.717, 1.165) is 17.4 Å². The molecule has 0 atom stereocenters. The Kier molecular flexibility index (Phi) is 5.04. The molecule has 24 heavy (non-hydrogen) atoms. The fourth-order valence-corrected chi connectivity index (χ4v) is 3.85. The molecule has 2 heterocycles. The Labute approximate surface area is 140 Å². The highest BCUT2D eigenvalue weighted by Crippen LogP contribution is 2.21. The number of nitrogens with one attached hydrogen (secondary N) is 2. The number of thiophene rings is 1. The summed E-state index contributed by atoms with van der Waals surface area (Å²) in [4.78, 5) is 31.3. The maximum Gasteiger partial charge on any atom is 0.347 e. The highest BCUT2D eigenvalue weighted by atomic mass is 32.2. The summed E-state index contributed by atoms with van der Waals surface area (Å²) in [5.41, 5.74) is 0. The van der Waals surface area contributed by atoms with E-state index in [4.69, 9.17) is 9.84 Å². The molecule has 0 unspecified atom stereocenters. The first-order valence-corrected chi connectivity index (χ1v) is 8.63. The zero-order valence-corrected chi connectivity index (χ0v) is 14.1. The summed E-state index contributed by atoms with van der Waals surface area (Å²) in [7, 11) is -1.30. The molecule has 0 fully saturated rings. The van der Waals surface area contributed by atoms with Crippen LogP contribution in [-0.4, -0.2) is 63.2 Å². The van der Waals surface area contributed by atoms with Crippen LogP contribution in [0.5, 0.6) is 0 Å². The number of aromatic carboxylic acids is 1. The number of urea groups is 1. The number of carboxylic acid groups (broad SMARTS) is 1. The lowest BCUT2D eigenvalue weighted by atomic mass is 10.5. The van der Waals surface area contributed by atoms with Crippen molar-refractivity contribution in [3.63, 3.8) is 0 Å². The highest BCUT2D eigenvalue weighted by molar-refractivity contribution is 7.90. The predicted octanol–water partition coefficient (Wildman–Crippen LogP) is -0.304. The number of nitrogens with zero attached hydrogens (tertiary/aromatic N) is 3.